The van der Waals surface area contributed by atoms with E-state index in [4.69, 9.17) is 21.7 Å². The van der Waals surface area contributed by atoms with Crippen molar-refractivity contribution >= 4 is 46.2 Å². The number of thioether (sulfide) groups is 1. The second-order valence-corrected chi connectivity index (χ2v) is 6.98. The molecule has 0 spiro atoms. The molecule has 2 aromatic rings. The Kier molecular flexibility index (Phi) is 5.72. The molecule has 0 bridgehead atoms. The lowest BCUT2D eigenvalue weighted by atomic mass is 10.1. The van der Waals surface area contributed by atoms with E-state index in [9.17, 15) is 9.59 Å². The number of nitrogens with zero attached hydrogens (tertiary/aromatic N) is 2. The Hall–Kier alpha value is -2.91. The molecule has 1 saturated heterocycles. The number of carbonyl (C=O) groups is 2. The van der Waals surface area contributed by atoms with Gasteiger partial charge < -0.3 is 9.47 Å². The summed E-state index contributed by atoms with van der Waals surface area (Å²) < 4.78 is 10.8. The Bertz CT molecular complexity index is 931. The highest BCUT2D eigenvalue weighted by Crippen LogP contribution is 2.34. The smallest absolute Gasteiger partial charge is 0.285 e. The fourth-order valence-corrected chi connectivity index (χ4v) is 3.50. The van der Waals surface area contributed by atoms with Crippen LogP contribution in [0.5, 0.6) is 11.5 Å². The maximum absolute atomic E-state index is 12.7. The molecule has 7 nitrogen and oxygen atoms in total. The number of ether oxygens (including phenoxy) is 2. The van der Waals surface area contributed by atoms with Gasteiger partial charge in [0.05, 0.1) is 19.1 Å². The lowest BCUT2D eigenvalue weighted by Gasteiger charge is -2.15. The topological polar surface area (TPSA) is 80.8 Å². The summed E-state index contributed by atoms with van der Waals surface area (Å²) in [5.74, 6) is 0.344. The van der Waals surface area contributed by atoms with Crippen LogP contribution in [0.4, 0.5) is 0 Å². The van der Waals surface area contributed by atoms with E-state index >= 15 is 0 Å². The number of aromatic nitrogens is 1. The number of nitrogens with one attached hydrogen (secondary N) is 1. The van der Waals surface area contributed by atoms with Gasteiger partial charge in [0.2, 0.25) is 0 Å². The number of carbonyl (C=O) groups excluding carboxylic acids is 2. The molecule has 1 fully saturated rings. The first-order valence-corrected chi connectivity index (χ1v) is 8.97. The third-order valence-corrected chi connectivity index (χ3v) is 4.98. The lowest BCUT2D eigenvalue weighted by molar-refractivity contribution is -0.123. The molecule has 1 N–H and O–H groups in total. The van der Waals surface area contributed by atoms with Crippen molar-refractivity contribution in [1.82, 2.24) is 15.4 Å². The summed E-state index contributed by atoms with van der Waals surface area (Å²) in [5.41, 5.74) is 3.56. The van der Waals surface area contributed by atoms with Gasteiger partial charge in [-0.1, -0.05) is 11.8 Å². The molecule has 9 heteroatoms. The van der Waals surface area contributed by atoms with Crippen molar-refractivity contribution in [2.75, 3.05) is 14.2 Å². The fraction of sp³-hybridized carbons (Fsp3) is 0.111. The van der Waals surface area contributed by atoms with E-state index in [2.05, 4.69) is 10.4 Å². The maximum Gasteiger partial charge on any atom is 0.285 e. The molecular formula is C18H15N3O4S2. The Balaban J connectivity index is 1.84. The summed E-state index contributed by atoms with van der Waals surface area (Å²) in [6.45, 7) is 0. The van der Waals surface area contributed by atoms with Crippen LogP contribution in [0.15, 0.2) is 47.6 Å². The van der Waals surface area contributed by atoms with Crippen molar-refractivity contribution in [3.8, 4) is 11.5 Å². The first-order valence-electron chi connectivity index (χ1n) is 7.74. The summed E-state index contributed by atoms with van der Waals surface area (Å²) in [6, 6.07) is 8.35. The van der Waals surface area contributed by atoms with Crippen molar-refractivity contribution in [3.63, 3.8) is 0 Å². The van der Waals surface area contributed by atoms with Crippen molar-refractivity contribution in [2.45, 2.75) is 0 Å². The molecule has 2 heterocycles. The number of hydrogen-bond acceptors (Lipinski definition) is 7. The first-order chi connectivity index (χ1) is 13.0. The zero-order valence-corrected chi connectivity index (χ0v) is 16.1. The minimum absolute atomic E-state index is 0.232. The van der Waals surface area contributed by atoms with Gasteiger partial charge in [-0.05, 0) is 48.6 Å². The molecule has 27 heavy (non-hydrogen) atoms. The number of benzene rings is 1. The standard InChI is InChI=1S/C18H15N3O4S2/c1-24-13-3-4-14(25-2)12(9-13)10-15-17(23)21(18(26)27-15)20-16(22)11-5-7-19-8-6-11/h3-10H,1-2H3,(H,20,22)/b15-10-. The van der Waals surface area contributed by atoms with Gasteiger partial charge in [-0.15, -0.1) is 0 Å². The number of pyridine rings is 1. The van der Waals surface area contributed by atoms with Gasteiger partial charge in [0, 0.05) is 23.5 Å². The van der Waals surface area contributed by atoms with Gasteiger partial charge in [-0.25, -0.2) is 0 Å². The molecule has 1 aliphatic rings. The van der Waals surface area contributed by atoms with Crippen LogP contribution in [-0.4, -0.2) is 40.3 Å². The van der Waals surface area contributed by atoms with Crippen LogP contribution in [0.3, 0.4) is 0 Å². The van der Waals surface area contributed by atoms with Crippen LogP contribution < -0.4 is 14.9 Å². The summed E-state index contributed by atoms with van der Waals surface area (Å²) in [4.78, 5) is 29.2. The SMILES string of the molecule is COc1ccc(OC)c(/C=C2\SC(=S)N(NC(=O)c3ccncc3)C2=O)c1. The van der Waals surface area contributed by atoms with Gasteiger partial charge in [0.25, 0.3) is 11.8 Å². The van der Waals surface area contributed by atoms with Crippen LogP contribution in [0.2, 0.25) is 0 Å². The highest BCUT2D eigenvalue weighted by Gasteiger charge is 2.34. The highest BCUT2D eigenvalue weighted by molar-refractivity contribution is 8.26. The van der Waals surface area contributed by atoms with Crippen LogP contribution in [0.25, 0.3) is 6.08 Å². The number of hydrogen-bond donors (Lipinski definition) is 1. The highest BCUT2D eigenvalue weighted by atomic mass is 32.2. The van der Waals surface area contributed by atoms with Gasteiger partial charge in [-0.2, -0.15) is 5.01 Å². The molecule has 0 aliphatic carbocycles. The molecule has 1 aromatic carbocycles. The molecule has 138 valence electrons. The van der Waals surface area contributed by atoms with Crippen molar-refractivity contribution in [3.05, 3.63) is 58.8 Å². The lowest BCUT2D eigenvalue weighted by Crippen LogP contribution is -2.44. The second-order valence-electron chi connectivity index (χ2n) is 5.30. The predicted molar refractivity (Wildman–Crippen MR) is 106 cm³/mol. The van der Waals surface area contributed by atoms with Crippen LogP contribution >= 0.6 is 24.0 Å². The van der Waals surface area contributed by atoms with E-state index < -0.39 is 11.8 Å². The average Bonchev–Trinajstić information content (AvgIpc) is 2.95. The molecule has 2 amide bonds. The van der Waals surface area contributed by atoms with Crippen molar-refractivity contribution in [2.24, 2.45) is 0 Å². The van der Waals surface area contributed by atoms with Crippen LogP contribution in [-0.2, 0) is 4.79 Å². The van der Waals surface area contributed by atoms with Gasteiger partial charge in [0.15, 0.2) is 4.32 Å². The van der Waals surface area contributed by atoms with E-state index in [1.165, 1.54) is 12.4 Å². The molecule has 1 aromatic heterocycles. The van der Waals surface area contributed by atoms with E-state index in [0.717, 1.165) is 16.8 Å². The Morgan fingerprint density at radius 3 is 2.63 bits per heavy atom. The fourth-order valence-electron chi connectivity index (χ4n) is 2.33. The molecule has 1 aliphatic heterocycles. The van der Waals surface area contributed by atoms with Gasteiger partial charge in [0.1, 0.15) is 11.5 Å². The van der Waals surface area contributed by atoms with E-state index in [1.807, 2.05) is 0 Å². The number of thiocarbonyl (C=S) groups is 1. The third kappa shape index (κ3) is 4.09. The second kappa shape index (κ2) is 8.19. The molecule has 0 atom stereocenters. The number of methoxy groups -OCH3 is 2. The quantitative estimate of drug-likeness (QED) is 0.609. The van der Waals surface area contributed by atoms with Crippen LogP contribution in [0.1, 0.15) is 15.9 Å². The number of hydrazine groups is 1. The van der Waals surface area contributed by atoms with Crippen LogP contribution in [0, 0.1) is 0 Å². The maximum atomic E-state index is 12.7. The predicted octanol–water partition coefficient (Wildman–Crippen LogP) is 2.65. The first kappa shape index (κ1) is 18.9. The minimum atomic E-state index is -0.450. The Labute approximate surface area is 165 Å². The zero-order valence-electron chi connectivity index (χ0n) is 14.5. The molecule has 0 radical (unpaired) electrons. The monoisotopic (exact) mass is 401 g/mol. The largest absolute Gasteiger partial charge is 0.497 e. The van der Waals surface area contributed by atoms with Crippen molar-refractivity contribution < 1.29 is 19.1 Å². The zero-order chi connectivity index (χ0) is 19.4. The third-order valence-electron chi connectivity index (χ3n) is 3.67. The summed E-state index contributed by atoms with van der Waals surface area (Å²) >= 11 is 6.33. The van der Waals surface area contributed by atoms with E-state index in [1.54, 1.807) is 50.6 Å². The normalized spacial score (nSPS) is 15.2. The van der Waals surface area contributed by atoms with E-state index in [-0.39, 0.29) is 4.32 Å². The molecule has 0 saturated carbocycles. The number of amides is 2. The molecular weight excluding hydrogens is 386 g/mol. The van der Waals surface area contributed by atoms with Gasteiger partial charge >= 0.3 is 0 Å². The Morgan fingerprint density at radius 2 is 1.96 bits per heavy atom. The van der Waals surface area contributed by atoms with Crippen molar-refractivity contribution in [1.29, 1.82) is 0 Å². The number of rotatable bonds is 5. The summed E-state index contributed by atoms with van der Waals surface area (Å²) in [7, 11) is 3.10. The summed E-state index contributed by atoms with van der Waals surface area (Å²) in [5, 5.41) is 1.06. The molecule has 3 rings (SSSR count). The van der Waals surface area contributed by atoms with E-state index in [0.29, 0.717) is 27.5 Å². The average molecular weight is 401 g/mol. The van der Waals surface area contributed by atoms with Gasteiger partial charge in [-0.3, -0.25) is 20.0 Å². The Morgan fingerprint density at radius 1 is 1.22 bits per heavy atom. The molecule has 0 unspecified atom stereocenters. The summed E-state index contributed by atoms with van der Waals surface area (Å²) in [6.07, 6.45) is 4.64. The minimum Gasteiger partial charge on any atom is -0.497 e.